The molecule has 6 nitrogen and oxygen atoms in total. The van der Waals surface area contributed by atoms with Crippen LogP contribution in [0.1, 0.15) is 25.7 Å². The molecule has 1 saturated carbocycles. The van der Waals surface area contributed by atoms with Crippen LogP contribution in [0.15, 0.2) is 33.8 Å². The van der Waals surface area contributed by atoms with Gasteiger partial charge in [0.05, 0.1) is 35.0 Å². The van der Waals surface area contributed by atoms with E-state index in [-0.39, 0.29) is 12.4 Å². The van der Waals surface area contributed by atoms with Crippen molar-refractivity contribution in [1.29, 1.82) is 0 Å². The summed E-state index contributed by atoms with van der Waals surface area (Å²) >= 11 is 2.29. The quantitative estimate of drug-likeness (QED) is 0.373. The Morgan fingerprint density at radius 2 is 2.14 bits per heavy atom. The minimum absolute atomic E-state index is 0. The maximum atomic E-state index is 10.5. The second-order valence-corrected chi connectivity index (χ2v) is 6.63. The third-order valence-electron chi connectivity index (χ3n) is 4.31. The molecule has 0 aromatic heterocycles. The molecule has 2 heterocycles. The molecule has 3 N–H and O–H groups in total. The van der Waals surface area contributed by atoms with Crippen LogP contribution in [0, 0.1) is 11.8 Å². The Bertz CT molecular complexity index is 565. The van der Waals surface area contributed by atoms with Crippen molar-refractivity contribution in [1.82, 2.24) is 5.32 Å². The van der Waals surface area contributed by atoms with Gasteiger partial charge in [-0.05, 0) is 31.6 Å². The van der Waals surface area contributed by atoms with Crippen molar-refractivity contribution in [3.8, 4) is 0 Å². The van der Waals surface area contributed by atoms with E-state index in [2.05, 4.69) is 32.9 Å². The van der Waals surface area contributed by atoms with Crippen LogP contribution in [0.4, 0.5) is 4.79 Å². The monoisotopic (exact) mass is 436 g/mol. The Morgan fingerprint density at radius 3 is 2.82 bits per heavy atom. The normalized spacial score (nSPS) is 29.7. The summed E-state index contributed by atoms with van der Waals surface area (Å²) in [5.41, 5.74) is 2.35. The Labute approximate surface area is 149 Å². The predicted octanol–water partition coefficient (Wildman–Crippen LogP) is -1.48. The number of amidine groups is 1. The molecule has 0 aromatic carbocycles. The SMILES string of the molecule is O=C(O)NCC1CCC(C2=C3C=NC=C[NH+]3C(I)=N2)CC1.[Cl-]. The van der Waals surface area contributed by atoms with Gasteiger partial charge in [-0.1, -0.05) is 0 Å². The lowest BCUT2D eigenvalue weighted by molar-refractivity contribution is -0.684. The van der Waals surface area contributed by atoms with Crippen molar-refractivity contribution in [3.05, 3.63) is 23.8 Å². The molecule has 1 unspecified atom stereocenters. The second-order valence-electron chi connectivity index (χ2n) is 5.61. The Hall–Kier alpha value is -0.930. The first kappa shape index (κ1) is 17.4. The number of carboxylic acid groups (broad SMARTS) is 1. The summed E-state index contributed by atoms with van der Waals surface area (Å²) in [7, 11) is 0. The largest absolute Gasteiger partial charge is 1.00 e. The molecule has 0 aromatic rings. The lowest BCUT2D eigenvalue weighted by atomic mass is 9.80. The first-order valence-corrected chi connectivity index (χ1v) is 8.25. The first-order valence-electron chi connectivity index (χ1n) is 7.17. The van der Waals surface area contributed by atoms with Gasteiger partial charge in [0.1, 0.15) is 11.9 Å². The van der Waals surface area contributed by atoms with Crippen molar-refractivity contribution >= 4 is 38.7 Å². The fourth-order valence-electron chi connectivity index (χ4n) is 3.19. The van der Waals surface area contributed by atoms with Crippen molar-refractivity contribution in [2.45, 2.75) is 25.7 Å². The third kappa shape index (κ3) is 3.69. The van der Waals surface area contributed by atoms with E-state index in [0.717, 1.165) is 29.5 Å². The van der Waals surface area contributed by atoms with E-state index in [9.17, 15) is 4.79 Å². The van der Waals surface area contributed by atoms with E-state index in [1.807, 2.05) is 18.6 Å². The van der Waals surface area contributed by atoms with E-state index in [4.69, 9.17) is 10.1 Å². The van der Waals surface area contributed by atoms with Crippen LogP contribution in [-0.4, -0.2) is 27.8 Å². The zero-order chi connectivity index (χ0) is 14.8. The molecule has 3 aliphatic rings. The number of hydrogen-bond donors (Lipinski definition) is 3. The molecule has 1 fully saturated rings. The van der Waals surface area contributed by atoms with Gasteiger partial charge in [-0.15, -0.1) is 0 Å². The fourth-order valence-corrected chi connectivity index (χ4v) is 3.92. The van der Waals surface area contributed by atoms with Gasteiger partial charge < -0.3 is 22.8 Å². The number of allylic oxidation sites excluding steroid dienone is 2. The second kappa shape index (κ2) is 7.56. The molecule has 22 heavy (non-hydrogen) atoms. The zero-order valence-corrected chi connectivity index (χ0v) is 14.8. The molecule has 120 valence electrons. The molecule has 1 atom stereocenters. The standard InChI is InChI=1S/C14H17IN4O2.ClH/c15-13-18-12(11-8-16-5-6-19(11)13)10-3-1-9(2-4-10)7-17-14(20)21;/h5-6,8-10,17H,1-4,7H2,(H,20,21);1H. The number of aliphatic imine (C=N–C) groups is 2. The summed E-state index contributed by atoms with van der Waals surface area (Å²) in [5, 5.41) is 11.2. The van der Waals surface area contributed by atoms with Crippen LogP contribution in [-0.2, 0) is 0 Å². The van der Waals surface area contributed by atoms with Crippen LogP contribution >= 0.6 is 22.6 Å². The van der Waals surface area contributed by atoms with Gasteiger partial charge in [0.15, 0.2) is 5.70 Å². The molecular weight excluding hydrogens is 419 g/mol. The van der Waals surface area contributed by atoms with E-state index >= 15 is 0 Å². The number of halogens is 2. The highest BCUT2D eigenvalue weighted by Crippen LogP contribution is 2.35. The van der Waals surface area contributed by atoms with Crippen LogP contribution in [0.3, 0.4) is 0 Å². The molecule has 0 saturated heterocycles. The predicted molar refractivity (Wildman–Crippen MR) is 88.6 cm³/mol. The Balaban J connectivity index is 0.00000176. The molecule has 0 bridgehead atoms. The average molecular weight is 437 g/mol. The molecular formula is C14H18ClIN4O2. The number of fused-ring (bicyclic) bond motifs is 1. The summed E-state index contributed by atoms with van der Waals surface area (Å²) in [4.78, 5) is 20.7. The van der Waals surface area contributed by atoms with Crippen LogP contribution < -0.4 is 22.6 Å². The van der Waals surface area contributed by atoms with E-state index in [1.54, 1.807) is 0 Å². The number of carbonyl (C=O) groups is 1. The topological polar surface area (TPSA) is 78.5 Å². The molecule has 0 spiro atoms. The first-order chi connectivity index (χ1) is 10.1. The number of rotatable bonds is 3. The minimum atomic E-state index is -0.929. The molecule has 1 amide bonds. The van der Waals surface area contributed by atoms with Crippen LogP contribution in [0.25, 0.3) is 0 Å². The van der Waals surface area contributed by atoms with Gasteiger partial charge in [0.25, 0.3) is 3.84 Å². The van der Waals surface area contributed by atoms with E-state index in [1.165, 1.54) is 16.3 Å². The van der Waals surface area contributed by atoms with Gasteiger partial charge in [-0.3, -0.25) is 4.99 Å². The highest BCUT2D eigenvalue weighted by Gasteiger charge is 2.35. The molecule has 2 aliphatic heterocycles. The maximum absolute atomic E-state index is 10.5. The number of quaternary nitrogens is 1. The highest BCUT2D eigenvalue weighted by atomic mass is 127. The Kier molecular flexibility index (Phi) is 5.99. The Morgan fingerprint density at radius 1 is 1.41 bits per heavy atom. The molecule has 3 rings (SSSR count). The molecule has 1 aliphatic carbocycles. The molecule has 8 heteroatoms. The van der Waals surface area contributed by atoms with Gasteiger partial charge >= 0.3 is 6.09 Å². The number of amides is 1. The van der Waals surface area contributed by atoms with E-state index < -0.39 is 6.09 Å². The number of nitrogens with one attached hydrogen (secondary N) is 2. The lowest BCUT2D eigenvalue weighted by Crippen LogP contribution is -3.07. The van der Waals surface area contributed by atoms with Crippen molar-refractivity contribution in [2.75, 3.05) is 6.54 Å². The summed E-state index contributed by atoms with van der Waals surface area (Å²) in [6, 6.07) is 0. The smallest absolute Gasteiger partial charge is 0.404 e. The van der Waals surface area contributed by atoms with E-state index in [0.29, 0.717) is 18.4 Å². The van der Waals surface area contributed by atoms with Crippen LogP contribution in [0.5, 0.6) is 0 Å². The van der Waals surface area contributed by atoms with Gasteiger partial charge in [0.2, 0.25) is 0 Å². The average Bonchev–Trinajstić information content (AvgIpc) is 2.83. The summed E-state index contributed by atoms with van der Waals surface area (Å²) < 4.78 is 1.05. The third-order valence-corrected chi connectivity index (χ3v) is 5.14. The zero-order valence-electron chi connectivity index (χ0n) is 11.9. The summed E-state index contributed by atoms with van der Waals surface area (Å²) in [6.07, 6.45) is 9.07. The number of hydrogen-bond acceptors (Lipinski definition) is 3. The lowest BCUT2D eigenvalue weighted by Gasteiger charge is -2.27. The minimum Gasteiger partial charge on any atom is -1.00 e. The summed E-state index contributed by atoms with van der Waals surface area (Å²) in [6.45, 7) is 0.566. The maximum Gasteiger partial charge on any atom is 0.404 e. The fraction of sp³-hybridized carbons (Fsp3) is 0.500. The van der Waals surface area contributed by atoms with Gasteiger partial charge in [-0.2, -0.15) is 4.99 Å². The van der Waals surface area contributed by atoms with Gasteiger partial charge in [-0.25, -0.2) is 9.69 Å². The van der Waals surface area contributed by atoms with Crippen molar-refractivity contribution in [3.63, 3.8) is 0 Å². The van der Waals surface area contributed by atoms with Crippen molar-refractivity contribution in [2.24, 2.45) is 21.8 Å². The molecule has 0 radical (unpaired) electrons. The van der Waals surface area contributed by atoms with Gasteiger partial charge in [0, 0.05) is 12.5 Å². The van der Waals surface area contributed by atoms with Crippen molar-refractivity contribution < 1.29 is 27.2 Å². The van der Waals surface area contributed by atoms with Crippen LogP contribution in [0.2, 0.25) is 0 Å². The summed E-state index contributed by atoms with van der Waals surface area (Å²) in [5.74, 6) is 0.928. The number of nitrogens with zero attached hydrogens (tertiary/aromatic N) is 2. The highest BCUT2D eigenvalue weighted by molar-refractivity contribution is 14.1.